The molecule has 0 bridgehead atoms. The maximum Gasteiger partial charge on any atom is 0.416 e. The molecule has 4 aromatic rings. The van der Waals surface area contributed by atoms with E-state index in [0.29, 0.717) is 23.1 Å². The van der Waals surface area contributed by atoms with Crippen LogP contribution in [-0.2, 0) is 17.3 Å². The number of aryl methyl sites for hydroxylation is 2. The first-order valence-corrected chi connectivity index (χ1v) is 10.4. The van der Waals surface area contributed by atoms with Gasteiger partial charge in [0.2, 0.25) is 0 Å². The number of fused-ring (bicyclic) bond motifs is 1. The Morgan fingerprint density at radius 3 is 2.39 bits per heavy atom. The lowest BCUT2D eigenvalue weighted by atomic mass is 9.98. The fourth-order valence-electron chi connectivity index (χ4n) is 4.24. The summed E-state index contributed by atoms with van der Waals surface area (Å²) in [5.74, 6) is -0.476. The molecular weight excluding hydrogens is 429 g/mol. The lowest BCUT2D eigenvalue weighted by molar-refractivity contribution is -0.137. The zero-order valence-corrected chi connectivity index (χ0v) is 18.7. The number of benzene rings is 2. The number of hydrogen-bond acceptors (Lipinski definition) is 3. The van der Waals surface area contributed by atoms with Crippen molar-refractivity contribution < 1.29 is 22.7 Å². The van der Waals surface area contributed by atoms with Crippen molar-refractivity contribution in [2.24, 2.45) is 0 Å². The molecule has 2 heterocycles. The molecule has 4 nitrogen and oxygen atoms in total. The molecule has 0 amide bonds. The molecule has 0 N–H and O–H groups in total. The van der Waals surface area contributed by atoms with Gasteiger partial charge in [-0.05, 0) is 67.8 Å². The average molecular weight is 452 g/mol. The predicted molar refractivity (Wildman–Crippen MR) is 121 cm³/mol. The van der Waals surface area contributed by atoms with Crippen molar-refractivity contribution in [3.63, 3.8) is 0 Å². The van der Waals surface area contributed by atoms with Crippen LogP contribution in [-0.4, -0.2) is 22.6 Å². The standard InChI is InChI=1S/C26H23F3N2O2/c1-15-10-18(26(27,28)29)11-24-21(15)12-20(31(24)19-8-6-5-7-9-19)13-22-16(2)23(25(32)33-4)14-30-17(22)3/h5-12,14H,13H2,1-4H3. The molecule has 0 aliphatic carbocycles. The van der Waals surface area contributed by atoms with Gasteiger partial charge in [-0.3, -0.25) is 4.98 Å². The summed E-state index contributed by atoms with van der Waals surface area (Å²) in [6, 6.07) is 13.6. The van der Waals surface area contributed by atoms with E-state index in [1.165, 1.54) is 25.4 Å². The van der Waals surface area contributed by atoms with Gasteiger partial charge in [0.15, 0.2) is 0 Å². The minimum Gasteiger partial charge on any atom is -0.465 e. The normalized spacial score (nSPS) is 11.7. The number of alkyl halides is 3. The minimum absolute atomic E-state index is 0.371. The summed E-state index contributed by atoms with van der Waals surface area (Å²) in [6.45, 7) is 5.37. The van der Waals surface area contributed by atoms with Gasteiger partial charge < -0.3 is 9.30 Å². The Morgan fingerprint density at radius 2 is 1.76 bits per heavy atom. The third-order valence-electron chi connectivity index (χ3n) is 5.99. The van der Waals surface area contributed by atoms with E-state index in [1.54, 1.807) is 6.92 Å². The summed E-state index contributed by atoms with van der Waals surface area (Å²) in [5.41, 5.74) is 4.60. The quantitative estimate of drug-likeness (QED) is 0.339. The van der Waals surface area contributed by atoms with Crippen LogP contribution in [0.4, 0.5) is 13.2 Å². The van der Waals surface area contributed by atoms with Crippen LogP contribution in [0.3, 0.4) is 0 Å². The minimum atomic E-state index is -4.45. The highest BCUT2D eigenvalue weighted by atomic mass is 19.4. The first-order valence-electron chi connectivity index (χ1n) is 10.4. The molecule has 0 aliphatic rings. The Kier molecular flexibility index (Phi) is 5.74. The van der Waals surface area contributed by atoms with E-state index in [4.69, 9.17) is 4.74 Å². The summed E-state index contributed by atoms with van der Waals surface area (Å²) < 4.78 is 47.5. The zero-order chi connectivity index (χ0) is 23.9. The molecule has 0 fully saturated rings. The Bertz CT molecular complexity index is 1360. The second-order valence-electron chi connectivity index (χ2n) is 8.06. The molecule has 2 aromatic carbocycles. The number of carbonyl (C=O) groups excluding carboxylic acids is 1. The topological polar surface area (TPSA) is 44.1 Å². The third-order valence-corrected chi connectivity index (χ3v) is 5.99. The zero-order valence-electron chi connectivity index (χ0n) is 18.7. The molecule has 0 radical (unpaired) electrons. The maximum absolute atomic E-state index is 13.6. The smallest absolute Gasteiger partial charge is 0.416 e. The lowest BCUT2D eigenvalue weighted by Crippen LogP contribution is -2.10. The predicted octanol–water partition coefficient (Wildman–Crippen LogP) is 6.35. The first-order chi connectivity index (χ1) is 15.6. The van der Waals surface area contributed by atoms with E-state index < -0.39 is 17.7 Å². The summed E-state index contributed by atoms with van der Waals surface area (Å²) in [7, 11) is 1.32. The molecular formula is C26H23F3N2O2. The van der Waals surface area contributed by atoms with E-state index in [-0.39, 0.29) is 0 Å². The molecule has 33 heavy (non-hydrogen) atoms. The number of nitrogens with zero attached hydrogens (tertiary/aromatic N) is 2. The SMILES string of the molecule is COC(=O)c1cnc(C)c(Cc2cc3c(C)cc(C(F)(F)F)cc3n2-c2ccccc2)c1C. The molecule has 7 heteroatoms. The van der Waals surface area contributed by atoms with Crippen molar-refractivity contribution in [2.45, 2.75) is 33.4 Å². The van der Waals surface area contributed by atoms with Crippen molar-refractivity contribution in [1.29, 1.82) is 0 Å². The Hall–Kier alpha value is -3.61. The van der Waals surface area contributed by atoms with Crippen LogP contribution in [0.15, 0.2) is 54.7 Å². The molecule has 170 valence electrons. The van der Waals surface area contributed by atoms with E-state index in [2.05, 4.69) is 4.98 Å². The Balaban J connectivity index is 1.98. The number of ether oxygens (including phenoxy) is 1. The second-order valence-corrected chi connectivity index (χ2v) is 8.06. The van der Waals surface area contributed by atoms with Gasteiger partial charge in [0.05, 0.1) is 23.8 Å². The van der Waals surface area contributed by atoms with Gasteiger partial charge in [-0.1, -0.05) is 18.2 Å². The maximum atomic E-state index is 13.6. The van der Waals surface area contributed by atoms with Crippen LogP contribution in [0, 0.1) is 20.8 Å². The molecule has 0 saturated carbocycles. The van der Waals surface area contributed by atoms with Crippen molar-refractivity contribution in [3.8, 4) is 5.69 Å². The second kappa shape index (κ2) is 8.39. The van der Waals surface area contributed by atoms with Gasteiger partial charge in [0.25, 0.3) is 0 Å². The third kappa shape index (κ3) is 4.11. The van der Waals surface area contributed by atoms with Crippen LogP contribution >= 0.6 is 0 Å². The number of carbonyl (C=O) groups is 1. The average Bonchev–Trinajstić information content (AvgIpc) is 3.15. The van der Waals surface area contributed by atoms with Crippen LogP contribution in [0.5, 0.6) is 0 Å². The lowest BCUT2D eigenvalue weighted by Gasteiger charge is -2.16. The van der Waals surface area contributed by atoms with Crippen molar-refractivity contribution in [2.75, 3.05) is 7.11 Å². The van der Waals surface area contributed by atoms with Gasteiger partial charge in [0.1, 0.15) is 0 Å². The summed E-state index contributed by atoms with van der Waals surface area (Å²) in [4.78, 5) is 16.5. The molecule has 4 rings (SSSR count). The molecule has 0 unspecified atom stereocenters. The summed E-state index contributed by atoms with van der Waals surface area (Å²) >= 11 is 0. The largest absolute Gasteiger partial charge is 0.465 e. The number of para-hydroxylation sites is 1. The number of aromatic nitrogens is 2. The Labute approximate surface area is 189 Å². The van der Waals surface area contributed by atoms with Crippen molar-refractivity contribution in [3.05, 3.63) is 93.9 Å². The molecule has 0 aliphatic heterocycles. The van der Waals surface area contributed by atoms with Crippen molar-refractivity contribution >= 4 is 16.9 Å². The molecule has 0 spiro atoms. The van der Waals surface area contributed by atoms with Gasteiger partial charge >= 0.3 is 12.1 Å². The summed E-state index contributed by atoms with van der Waals surface area (Å²) in [5, 5.41) is 0.745. The van der Waals surface area contributed by atoms with Gasteiger partial charge in [-0.25, -0.2) is 4.79 Å². The molecule has 0 atom stereocenters. The highest BCUT2D eigenvalue weighted by Crippen LogP contribution is 2.36. The number of pyridine rings is 1. The summed E-state index contributed by atoms with van der Waals surface area (Å²) in [6.07, 6.45) is -2.57. The van der Waals surface area contributed by atoms with Crippen LogP contribution in [0.25, 0.3) is 16.6 Å². The molecule has 2 aromatic heterocycles. The van der Waals surface area contributed by atoms with Crippen LogP contribution in [0.2, 0.25) is 0 Å². The number of halogens is 3. The van der Waals surface area contributed by atoms with Gasteiger partial charge in [-0.15, -0.1) is 0 Å². The molecule has 0 saturated heterocycles. The monoisotopic (exact) mass is 452 g/mol. The van der Waals surface area contributed by atoms with E-state index in [0.717, 1.165) is 33.6 Å². The van der Waals surface area contributed by atoms with E-state index >= 15 is 0 Å². The highest BCUT2D eigenvalue weighted by molar-refractivity contribution is 5.91. The van der Waals surface area contributed by atoms with Crippen LogP contribution < -0.4 is 0 Å². The van der Waals surface area contributed by atoms with Crippen LogP contribution in [0.1, 0.15) is 44.0 Å². The van der Waals surface area contributed by atoms with Gasteiger partial charge in [-0.2, -0.15) is 13.2 Å². The van der Waals surface area contributed by atoms with Crippen molar-refractivity contribution in [1.82, 2.24) is 9.55 Å². The highest BCUT2D eigenvalue weighted by Gasteiger charge is 2.32. The van der Waals surface area contributed by atoms with E-state index in [9.17, 15) is 18.0 Å². The Morgan fingerprint density at radius 1 is 1.06 bits per heavy atom. The fraction of sp³-hybridized carbons (Fsp3) is 0.231. The number of esters is 1. The number of rotatable bonds is 4. The first kappa shape index (κ1) is 22.6. The van der Waals surface area contributed by atoms with Gasteiger partial charge in [0, 0.05) is 35.1 Å². The number of hydrogen-bond donors (Lipinski definition) is 0. The number of methoxy groups -OCH3 is 1. The fourth-order valence-corrected chi connectivity index (χ4v) is 4.24. The van der Waals surface area contributed by atoms with E-state index in [1.807, 2.05) is 54.8 Å².